The van der Waals surface area contributed by atoms with E-state index in [0.717, 1.165) is 12.4 Å². The first kappa shape index (κ1) is 25.2. The summed E-state index contributed by atoms with van der Waals surface area (Å²) in [6.07, 6.45) is -2.26. The van der Waals surface area contributed by atoms with E-state index >= 15 is 0 Å². The molecule has 178 valence electrons. The van der Waals surface area contributed by atoms with Gasteiger partial charge in [-0.2, -0.15) is 13.2 Å². The zero-order valence-corrected chi connectivity index (χ0v) is 17.8. The number of halogens is 4. The highest BCUT2D eigenvalue weighted by Crippen LogP contribution is 2.34. The van der Waals surface area contributed by atoms with Crippen molar-refractivity contribution < 1.29 is 37.1 Å². The summed E-state index contributed by atoms with van der Waals surface area (Å²) >= 11 is 0. The third-order valence-corrected chi connectivity index (χ3v) is 5.26. The van der Waals surface area contributed by atoms with E-state index in [1.807, 2.05) is 9.80 Å². The molecule has 2 fully saturated rings. The van der Waals surface area contributed by atoms with Crippen LogP contribution in [0.25, 0.3) is 0 Å². The second-order valence-corrected chi connectivity index (χ2v) is 7.64. The van der Waals surface area contributed by atoms with E-state index in [-0.39, 0.29) is 18.4 Å². The maximum absolute atomic E-state index is 13.1. The molecule has 3 rings (SSSR count). The Morgan fingerprint density at radius 1 is 1.19 bits per heavy atom. The zero-order valence-electron chi connectivity index (χ0n) is 17.8. The van der Waals surface area contributed by atoms with Crippen molar-refractivity contribution >= 4 is 23.7 Å². The highest BCUT2D eigenvalue weighted by atomic mass is 19.4. The van der Waals surface area contributed by atoms with Gasteiger partial charge in [-0.05, 0) is 6.42 Å². The largest absolute Gasteiger partial charge is 0.490 e. The lowest BCUT2D eigenvalue weighted by Crippen LogP contribution is -2.67. The standard InChI is InChI=1S/C16H23FN6O2.C2HF3O2/c1-20(2)13(24)10-23-7-6-21(3)14(25)16(23)4-5-22(11-16)15-18-8-12(17)9-19-15;3-2(4,5)1(6)7/h8-9H,4-7,10-11H2,1-3H3;(H,6,7). The highest BCUT2D eigenvalue weighted by Gasteiger charge is 2.53. The number of carbonyl (C=O) groups excluding carboxylic acids is 2. The van der Waals surface area contributed by atoms with E-state index in [9.17, 15) is 27.2 Å². The number of alkyl halides is 3. The summed E-state index contributed by atoms with van der Waals surface area (Å²) in [5.41, 5.74) is -0.767. The number of carbonyl (C=O) groups is 3. The van der Waals surface area contributed by atoms with Crippen molar-refractivity contribution in [2.45, 2.75) is 18.1 Å². The lowest BCUT2D eigenvalue weighted by atomic mass is 9.91. The van der Waals surface area contributed by atoms with Gasteiger partial charge in [0.05, 0.1) is 18.9 Å². The van der Waals surface area contributed by atoms with Crippen molar-refractivity contribution in [1.29, 1.82) is 0 Å². The van der Waals surface area contributed by atoms with Gasteiger partial charge >= 0.3 is 12.1 Å². The van der Waals surface area contributed by atoms with Gasteiger partial charge in [0.25, 0.3) is 0 Å². The minimum atomic E-state index is -5.08. The number of anilines is 1. The van der Waals surface area contributed by atoms with Crippen molar-refractivity contribution in [2.24, 2.45) is 0 Å². The lowest BCUT2D eigenvalue weighted by Gasteiger charge is -2.46. The molecule has 0 aliphatic carbocycles. The maximum Gasteiger partial charge on any atom is 0.490 e. The normalized spacial score (nSPS) is 21.4. The summed E-state index contributed by atoms with van der Waals surface area (Å²) in [7, 11) is 5.20. The van der Waals surface area contributed by atoms with E-state index < -0.39 is 23.5 Å². The molecule has 0 saturated carbocycles. The van der Waals surface area contributed by atoms with E-state index in [1.54, 1.807) is 26.0 Å². The summed E-state index contributed by atoms with van der Waals surface area (Å²) < 4.78 is 44.8. The fourth-order valence-electron chi connectivity index (χ4n) is 3.48. The molecule has 2 saturated heterocycles. The van der Waals surface area contributed by atoms with Gasteiger partial charge in [-0.25, -0.2) is 19.2 Å². The number of piperazine rings is 1. The number of amides is 2. The molecule has 1 unspecified atom stereocenters. The number of aromatic nitrogens is 2. The van der Waals surface area contributed by atoms with E-state index in [2.05, 4.69) is 9.97 Å². The molecule has 1 aromatic heterocycles. The summed E-state index contributed by atoms with van der Waals surface area (Å²) in [6, 6.07) is 0. The number of rotatable bonds is 3. The van der Waals surface area contributed by atoms with Crippen LogP contribution in [0.5, 0.6) is 0 Å². The second-order valence-electron chi connectivity index (χ2n) is 7.64. The van der Waals surface area contributed by atoms with Gasteiger partial charge in [0, 0.05) is 47.3 Å². The molecule has 14 heteroatoms. The molecule has 1 N–H and O–H groups in total. The summed E-state index contributed by atoms with van der Waals surface area (Å²) in [4.78, 5) is 49.2. The number of aliphatic carboxylic acids is 1. The van der Waals surface area contributed by atoms with Gasteiger partial charge in [0.1, 0.15) is 5.54 Å². The first-order valence-corrected chi connectivity index (χ1v) is 9.51. The van der Waals surface area contributed by atoms with Gasteiger partial charge in [0.15, 0.2) is 5.82 Å². The molecule has 32 heavy (non-hydrogen) atoms. The Morgan fingerprint density at radius 3 is 2.25 bits per heavy atom. The second kappa shape index (κ2) is 9.63. The molecule has 0 bridgehead atoms. The molecule has 2 aliphatic heterocycles. The topological polar surface area (TPSA) is 110 Å². The van der Waals surface area contributed by atoms with Gasteiger partial charge < -0.3 is 19.8 Å². The molecular weight excluding hydrogens is 440 g/mol. The third-order valence-electron chi connectivity index (χ3n) is 5.26. The van der Waals surface area contributed by atoms with Crippen molar-refractivity contribution in [1.82, 2.24) is 24.7 Å². The van der Waals surface area contributed by atoms with Crippen molar-refractivity contribution in [3.8, 4) is 0 Å². The predicted octanol–water partition coefficient (Wildman–Crippen LogP) is 0.0601. The van der Waals surface area contributed by atoms with Crippen LogP contribution in [0.15, 0.2) is 12.4 Å². The average Bonchev–Trinajstić information content (AvgIpc) is 3.15. The van der Waals surface area contributed by atoms with Crippen molar-refractivity contribution in [2.75, 3.05) is 58.8 Å². The summed E-state index contributed by atoms with van der Waals surface area (Å²) in [5, 5.41) is 7.12. The molecule has 1 aromatic rings. The molecule has 0 aromatic carbocycles. The van der Waals surface area contributed by atoms with Crippen LogP contribution >= 0.6 is 0 Å². The maximum atomic E-state index is 13.1. The van der Waals surface area contributed by atoms with Crippen LogP contribution in [0, 0.1) is 5.82 Å². The van der Waals surface area contributed by atoms with Crippen LogP contribution in [-0.2, 0) is 14.4 Å². The van der Waals surface area contributed by atoms with Gasteiger partial charge in [-0.15, -0.1) is 0 Å². The molecule has 2 amide bonds. The number of carboxylic acid groups (broad SMARTS) is 1. The monoisotopic (exact) mass is 464 g/mol. The molecule has 0 radical (unpaired) electrons. The smallest absolute Gasteiger partial charge is 0.475 e. The Morgan fingerprint density at radius 2 is 1.75 bits per heavy atom. The van der Waals surface area contributed by atoms with Gasteiger partial charge in [-0.1, -0.05) is 0 Å². The Labute approximate surface area is 181 Å². The minimum Gasteiger partial charge on any atom is -0.475 e. The Hall–Kier alpha value is -3.03. The van der Waals surface area contributed by atoms with Crippen LogP contribution < -0.4 is 4.90 Å². The van der Waals surface area contributed by atoms with Gasteiger partial charge in [0.2, 0.25) is 17.8 Å². The number of hydrogen-bond acceptors (Lipinski definition) is 7. The predicted molar refractivity (Wildman–Crippen MR) is 103 cm³/mol. The fraction of sp³-hybridized carbons (Fsp3) is 0.611. The fourth-order valence-corrected chi connectivity index (χ4v) is 3.48. The highest BCUT2D eigenvalue weighted by molar-refractivity contribution is 5.89. The number of likely N-dealkylation sites (N-methyl/N-ethyl adjacent to an activating group) is 2. The molecule has 2 aliphatic rings. The quantitative estimate of drug-likeness (QED) is 0.626. The number of hydrogen-bond donors (Lipinski definition) is 1. The molecule has 1 spiro atoms. The first-order chi connectivity index (χ1) is 14.8. The van der Waals surface area contributed by atoms with Crippen LogP contribution in [0.2, 0.25) is 0 Å². The van der Waals surface area contributed by atoms with Crippen LogP contribution in [-0.4, -0.2) is 113 Å². The van der Waals surface area contributed by atoms with E-state index in [1.165, 1.54) is 4.90 Å². The Kier molecular flexibility index (Phi) is 7.59. The van der Waals surface area contributed by atoms with Crippen LogP contribution in [0.1, 0.15) is 6.42 Å². The summed E-state index contributed by atoms with van der Waals surface area (Å²) in [5.74, 6) is -2.88. The minimum absolute atomic E-state index is 0.00918. The Balaban J connectivity index is 0.000000451. The van der Waals surface area contributed by atoms with Crippen molar-refractivity contribution in [3.63, 3.8) is 0 Å². The first-order valence-electron chi connectivity index (χ1n) is 9.51. The van der Waals surface area contributed by atoms with E-state index in [4.69, 9.17) is 9.90 Å². The van der Waals surface area contributed by atoms with Crippen LogP contribution in [0.3, 0.4) is 0 Å². The van der Waals surface area contributed by atoms with E-state index in [0.29, 0.717) is 38.5 Å². The average molecular weight is 464 g/mol. The third kappa shape index (κ3) is 5.60. The lowest BCUT2D eigenvalue weighted by molar-refractivity contribution is -0.192. The molecule has 3 heterocycles. The zero-order chi connectivity index (χ0) is 24.3. The van der Waals surface area contributed by atoms with Crippen molar-refractivity contribution in [3.05, 3.63) is 18.2 Å². The Bertz CT molecular complexity index is 851. The van der Waals surface area contributed by atoms with Gasteiger partial charge in [-0.3, -0.25) is 14.5 Å². The van der Waals surface area contributed by atoms with Crippen LogP contribution in [0.4, 0.5) is 23.5 Å². The SMILES string of the molecule is CN(C)C(=O)CN1CCN(C)C(=O)C12CCN(c1ncc(F)cn1)C2.O=C(O)C(F)(F)F. The molecule has 1 atom stereocenters. The number of carboxylic acids is 1. The molecule has 10 nitrogen and oxygen atoms in total. The number of nitrogens with zero attached hydrogens (tertiary/aromatic N) is 6. The molecular formula is C18H24F4N6O4. The summed E-state index contributed by atoms with van der Waals surface area (Å²) in [6.45, 7) is 2.40.